The molecule has 0 saturated carbocycles. The SMILES string of the molecule is CC1CNC(Cc2ccc(O)cc2)O1. The molecule has 3 nitrogen and oxygen atoms in total. The van der Waals surface area contributed by atoms with E-state index in [1.54, 1.807) is 12.1 Å². The van der Waals surface area contributed by atoms with Crippen molar-refractivity contribution in [3.63, 3.8) is 0 Å². The molecule has 1 aliphatic heterocycles. The van der Waals surface area contributed by atoms with Gasteiger partial charge in [0.15, 0.2) is 0 Å². The van der Waals surface area contributed by atoms with Crippen LogP contribution in [0.1, 0.15) is 12.5 Å². The Hall–Kier alpha value is -1.06. The maximum atomic E-state index is 9.11. The van der Waals surface area contributed by atoms with Gasteiger partial charge >= 0.3 is 0 Å². The number of benzene rings is 1. The Morgan fingerprint density at radius 2 is 2.14 bits per heavy atom. The molecule has 14 heavy (non-hydrogen) atoms. The lowest BCUT2D eigenvalue weighted by Crippen LogP contribution is -2.24. The van der Waals surface area contributed by atoms with E-state index in [4.69, 9.17) is 9.84 Å². The molecule has 2 unspecified atom stereocenters. The van der Waals surface area contributed by atoms with E-state index in [2.05, 4.69) is 12.2 Å². The molecule has 2 N–H and O–H groups in total. The summed E-state index contributed by atoms with van der Waals surface area (Å²) in [4.78, 5) is 0. The summed E-state index contributed by atoms with van der Waals surface area (Å²) in [6.45, 7) is 2.98. The first-order valence-electron chi connectivity index (χ1n) is 4.91. The normalized spacial score (nSPS) is 26.6. The van der Waals surface area contributed by atoms with Crippen LogP contribution >= 0.6 is 0 Å². The van der Waals surface area contributed by atoms with Crippen LogP contribution in [0, 0.1) is 0 Å². The van der Waals surface area contributed by atoms with Gasteiger partial charge in [0.05, 0.1) is 6.10 Å². The van der Waals surface area contributed by atoms with Crippen LogP contribution in [0.15, 0.2) is 24.3 Å². The maximum absolute atomic E-state index is 9.11. The van der Waals surface area contributed by atoms with Crippen LogP contribution < -0.4 is 5.32 Å². The quantitative estimate of drug-likeness (QED) is 0.743. The van der Waals surface area contributed by atoms with Gasteiger partial charge in [-0.2, -0.15) is 0 Å². The minimum Gasteiger partial charge on any atom is -0.508 e. The van der Waals surface area contributed by atoms with Crippen molar-refractivity contribution in [2.75, 3.05) is 6.54 Å². The molecule has 2 atom stereocenters. The number of hydrogen-bond acceptors (Lipinski definition) is 3. The van der Waals surface area contributed by atoms with Crippen LogP contribution in [0.5, 0.6) is 5.75 Å². The van der Waals surface area contributed by atoms with Crippen LogP contribution in [0.3, 0.4) is 0 Å². The molecule has 0 amide bonds. The van der Waals surface area contributed by atoms with Crippen molar-refractivity contribution < 1.29 is 9.84 Å². The average molecular weight is 193 g/mol. The molecule has 3 heteroatoms. The molecule has 1 saturated heterocycles. The molecule has 0 aliphatic carbocycles. The van der Waals surface area contributed by atoms with E-state index in [0.717, 1.165) is 13.0 Å². The fourth-order valence-corrected chi connectivity index (χ4v) is 1.64. The summed E-state index contributed by atoms with van der Waals surface area (Å²) in [6, 6.07) is 7.24. The Morgan fingerprint density at radius 1 is 1.43 bits per heavy atom. The molecule has 1 heterocycles. The van der Waals surface area contributed by atoms with Crippen molar-refractivity contribution in [1.29, 1.82) is 0 Å². The molecule has 0 bridgehead atoms. The highest BCUT2D eigenvalue weighted by molar-refractivity contribution is 5.26. The maximum Gasteiger partial charge on any atom is 0.115 e. The van der Waals surface area contributed by atoms with E-state index >= 15 is 0 Å². The van der Waals surface area contributed by atoms with Gasteiger partial charge in [0.2, 0.25) is 0 Å². The fourth-order valence-electron chi connectivity index (χ4n) is 1.64. The Morgan fingerprint density at radius 3 is 2.71 bits per heavy atom. The molecule has 1 aromatic carbocycles. The minimum atomic E-state index is 0.120. The number of nitrogens with one attached hydrogen (secondary N) is 1. The summed E-state index contributed by atoms with van der Waals surface area (Å²) in [5, 5.41) is 12.4. The second-order valence-corrected chi connectivity index (χ2v) is 3.71. The van der Waals surface area contributed by atoms with E-state index < -0.39 is 0 Å². The van der Waals surface area contributed by atoms with E-state index in [1.807, 2.05) is 12.1 Å². The van der Waals surface area contributed by atoms with Gasteiger partial charge in [-0.05, 0) is 24.6 Å². The van der Waals surface area contributed by atoms with Crippen LogP contribution in [-0.2, 0) is 11.2 Å². The number of ether oxygens (including phenoxy) is 1. The Balaban J connectivity index is 1.94. The van der Waals surface area contributed by atoms with E-state index in [0.29, 0.717) is 11.9 Å². The third kappa shape index (κ3) is 2.25. The van der Waals surface area contributed by atoms with Crippen molar-refractivity contribution in [2.24, 2.45) is 0 Å². The van der Waals surface area contributed by atoms with Gasteiger partial charge in [-0.15, -0.1) is 0 Å². The monoisotopic (exact) mass is 193 g/mol. The van der Waals surface area contributed by atoms with E-state index in [9.17, 15) is 0 Å². The van der Waals surface area contributed by atoms with Crippen molar-refractivity contribution in [3.05, 3.63) is 29.8 Å². The summed E-state index contributed by atoms with van der Waals surface area (Å²) in [5.74, 6) is 0.308. The summed E-state index contributed by atoms with van der Waals surface area (Å²) < 4.78 is 5.62. The molecule has 76 valence electrons. The second kappa shape index (κ2) is 3.98. The molecule has 0 aromatic heterocycles. The molecule has 1 aliphatic rings. The van der Waals surface area contributed by atoms with Crippen molar-refractivity contribution in [1.82, 2.24) is 5.32 Å². The standard InChI is InChI=1S/C11H15NO2/c1-8-7-12-11(14-8)6-9-2-4-10(13)5-3-9/h2-5,8,11-13H,6-7H2,1H3. The van der Waals surface area contributed by atoms with Crippen molar-refractivity contribution in [2.45, 2.75) is 25.7 Å². The van der Waals surface area contributed by atoms with Crippen LogP contribution in [0.2, 0.25) is 0 Å². The van der Waals surface area contributed by atoms with Gasteiger partial charge < -0.3 is 9.84 Å². The van der Waals surface area contributed by atoms with Crippen molar-refractivity contribution >= 4 is 0 Å². The van der Waals surface area contributed by atoms with Gasteiger partial charge in [0.1, 0.15) is 12.0 Å². The predicted molar refractivity (Wildman–Crippen MR) is 54.1 cm³/mol. The average Bonchev–Trinajstić information content (AvgIpc) is 2.56. The zero-order chi connectivity index (χ0) is 9.97. The van der Waals surface area contributed by atoms with Crippen LogP contribution in [0.25, 0.3) is 0 Å². The number of phenols is 1. The molecular formula is C11H15NO2. The lowest BCUT2D eigenvalue weighted by atomic mass is 10.1. The fraction of sp³-hybridized carbons (Fsp3) is 0.455. The summed E-state index contributed by atoms with van der Waals surface area (Å²) in [6.07, 6.45) is 1.27. The first kappa shape index (κ1) is 9.49. The molecule has 2 rings (SSSR count). The Bertz CT molecular complexity index is 297. The van der Waals surface area contributed by atoms with Crippen LogP contribution in [0.4, 0.5) is 0 Å². The largest absolute Gasteiger partial charge is 0.508 e. The van der Waals surface area contributed by atoms with Crippen molar-refractivity contribution in [3.8, 4) is 5.75 Å². The van der Waals surface area contributed by atoms with Gasteiger partial charge in [-0.25, -0.2) is 0 Å². The van der Waals surface area contributed by atoms with E-state index in [-0.39, 0.29) is 6.23 Å². The third-order valence-corrected chi connectivity index (χ3v) is 2.39. The Labute approximate surface area is 83.7 Å². The number of rotatable bonds is 2. The smallest absolute Gasteiger partial charge is 0.115 e. The first-order chi connectivity index (χ1) is 6.74. The highest BCUT2D eigenvalue weighted by atomic mass is 16.5. The lowest BCUT2D eigenvalue weighted by Gasteiger charge is -2.10. The molecule has 1 aromatic rings. The minimum absolute atomic E-state index is 0.120. The zero-order valence-corrected chi connectivity index (χ0v) is 8.23. The number of phenolic OH excluding ortho intramolecular Hbond substituents is 1. The first-order valence-corrected chi connectivity index (χ1v) is 4.91. The molecule has 1 fully saturated rings. The summed E-state index contributed by atoms with van der Waals surface area (Å²) in [5.41, 5.74) is 1.18. The molecule has 0 radical (unpaired) electrons. The van der Waals surface area contributed by atoms with Crippen LogP contribution in [-0.4, -0.2) is 24.0 Å². The third-order valence-electron chi connectivity index (χ3n) is 2.39. The second-order valence-electron chi connectivity index (χ2n) is 3.71. The summed E-state index contributed by atoms with van der Waals surface area (Å²) >= 11 is 0. The highest BCUT2D eigenvalue weighted by Gasteiger charge is 2.20. The molecular weight excluding hydrogens is 178 g/mol. The van der Waals surface area contributed by atoms with Gasteiger partial charge in [-0.1, -0.05) is 12.1 Å². The highest BCUT2D eigenvalue weighted by Crippen LogP contribution is 2.14. The van der Waals surface area contributed by atoms with Gasteiger partial charge in [0.25, 0.3) is 0 Å². The number of aromatic hydroxyl groups is 1. The van der Waals surface area contributed by atoms with E-state index in [1.165, 1.54) is 5.56 Å². The predicted octanol–water partition coefficient (Wildman–Crippen LogP) is 1.27. The van der Waals surface area contributed by atoms with Gasteiger partial charge in [0, 0.05) is 13.0 Å². The molecule has 0 spiro atoms. The lowest BCUT2D eigenvalue weighted by molar-refractivity contribution is 0.0520. The summed E-state index contributed by atoms with van der Waals surface area (Å²) in [7, 11) is 0. The van der Waals surface area contributed by atoms with Gasteiger partial charge in [-0.3, -0.25) is 5.32 Å². The topological polar surface area (TPSA) is 41.5 Å². The Kier molecular flexibility index (Phi) is 2.70. The number of hydrogen-bond donors (Lipinski definition) is 2. The zero-order valence-electron chi connectivity index (χ0n) is 8.23.